The minimum absolute atomic E-state index is 0.0891. The van der Waals surface area contributed by atoms with Gasteiger partial charge >= 0.3 is 0 Å². The van der Waals surface area contributed by atoms with Crippen molar-refractivity contribution in [3.8, 4) is 23.1 Å². The fourth-order valence-electron chi connectivity index (χ4n) is 1.74. The Balaban J connectivity index is 1.89. The van der Waals surface area contributed by atoms with Crippen molar-refractivity contribution >= 4 is 0 Å². The first kappa shape index (κ1) is 11.7. The van der Waals surface area contributed by atoms with Gasteiger partial charge in [0.1, 0.15) is 5.75 Å². The third kappa shape index (κ3) is 2.17. The van der Waals surface area contributed by atoms with Crippen LogP contribution >= 0.6 is 0 Å². The fourth-order valence-corrected chi connectivity index (χ4v) is 1.74. The van der Waals surface area contributed by atoms with Crippen molar-refractivity contribution < 1.29 is 18.6 Å². The van der Waals surface area contributed by atoms with E-state index in [2.05, 4.69) is 4.98 Å². The lowest BCUT2D eigenvalue weighted by molar-refractivity contribution is 0.174. The summed E-state index contributed by atoms with van der Waals surface area (Å²) in [7, 11) is 0. The van der Waals surface area contributed by atoms with E-state index in [1.165, 1.54) is 12.3 Å². The van der Waals surface area contributed by atoms with Crippen LogP contribution in [0.3, 0.4) is 0 Å². The number of aromatic nitrogens is 1. The van der Waals surface area contributed by atoms with Gasteiger partial charge in [-0.25, -0.2) is 9.37 Å². The first-order chi connectivity index (χ1) is 9.28. The predicted molar refractivity (Wildman–Crippen MR) is 64.7 cm³/mol. The van der Waals surface area contributed by atoms with Gasteiger partial charge in [0.2, 0.25) is 6.79 Å². The van der Waals surface area contributed by atoms with Crippen LogP contribution in [0.25, 0.3) is 0 Å². The molecule has 1 aliphatic heterocycles. The lowest BCUT2D eigenvalue weighted by Crippen LogP contribution is -2.02. The number of rotatable bonds is 3. The van der Waals surface area contributed by atoms with Crippen LogP contribution < -0.4 is 19.9 Å². The first-order valence-corrected chi connectivity index (χ1v) is 5.69. The molecule has 0 saturated heterocycles. The van der Waals surface area contributed by atoms with Crippen LogP contribution in [0.2, 0.25) is 0 Å². The van der Waals surface area contributed by atoms with Gasteiger partial charge in [-0.2, -0.15) is 0 Å². The van der Waals surface area contributed by atoms with Crippen LogP contribution in [0, 0.1) is 5.82 Å². The molecule has 3 rings (SSSR count). The van der Waals surface area contributed by atoms with E-state index in [4.69, 9.17) is 19.9 Å². The summed E-state index contributed by atoms with van der Waals surface area (Å²) in [4.78, 5) is 3.85. The second kappa shape index (κ2) is 4.74. The van der Waals surface area contributed by atoms with Crippen LogP contribution in [-0.2, 0) is 6.54 Å². The molecule has 1 aromatic heterocycles. The minimum Gasteiger partial charge on any atom is -0.454 e. The van der Waals surface area contributed by atoms with Gasteiger partial charge in [0.15, 0.2) is 17.3 Å². The molecule has 5 nitrogen and oxygen atoms in total. The van der Waals surface area contributed by atoms with Gasteiger partial charge in [0.25, 0.3) is 5.88 Å². The number of benzene rings is 1. The van der Waals surface area contributed by atoms with Crippen molar-refractivity contribution in [1.29, 1.82) is 0 Å². The van der Waals surface area contributed by atoms with Crippen LogP contribution in [0.5, 0.6) is 23.1 Å². The quantitative estimate of drug-likeness (QED) is 0.918. The third-order valence-corrected chi connectivity index (χ3v) is 2.72. The molecule has 1 aromatic carbocycles. The average molecular weight is 262 g/mol. The zero-order valence-electron chi connectivity index (χ0n) is 9.93. The SMILES string of the molecule is NCc1ccnc(Oc2ccc3c(c2)OCO3)c1F. The van der Waals surface area contributed by atoms with Gasteiger partial charge in [-0.15, -0.1) is 0 Å². The fraction of sp³-hybridized carbons (Fsp3) is 0.154. The molecule has 0 amide bonds. The summed E-state index contributed by atoms with van der Waals surface area (Å²) in [6.07, 6.45) is 1.45. The minimum atomic E-state index is -0.553. The van der Waals surface area contributed by atoms with E-state index in [9.17, 15) is 4.39 Å². The number of fused-ring (bicyclic) bond motifs is 1. The largest absolute Gasteiger partial charge is 0.454 e. The van der Waals surface area contributed by atoms with E-state index in [0.717, 1.165) is 0 Å². The third-order valence-electron chi connectivity index (χ3n) is 2.72. The molecule has 1 aliphatic rings. The summed E-state index contributed by atoms with van der Waals surface area (Å²) < 4.78 is 29.7. The normalized spacial score (nSPS) is 12.5. The zero-order valence-corrected chi connectivity index (χ0v) is 9.93. The molecule has 2 heterocycles. The maximum atomic E-state index is 13.9. The Hall–Kier alpha value is -2.34. The lowest BCUT2D eigenvalue weighted by Gasteiger charge is -2.08. The van der Waals surface area contributed by atoms with E-state index in [-0.39, 0.29) is 19.2 Å². The highest BCUT2D eigenvalue weighted by Crippen LogP contribution is 2.36. The van der Waals surface area contributed by atoms with Gasteiger partial charge in [0.05, 0.1) is 0 Å². The molecule has 0 spiro atoms. The lowest BCUT2D eigenvalue weighted by atomic mass is 10.2. The van der Waals surface area contributed by atoms with Gasteiger partial charge < -0.3 is 19.9 Å². The van der Waals surface area contributed by atoms with Crippen molar-refractivity contribution in [2.45, 2.75) is 6.54 Å². The van der Waals surface area contributed by atoms with Crippen molar-refractivity contribution in [1.82, 2.24) is 4.98 Å². The highest BCUT2D eigenvalue weighted by molar-refractivity contribution is 5.47. The summed E-state index contributed by atoms with van der Waals surface area (Å²) in [5, 5.41) is 0. The Labute approximate surface area is 108 Å². The number of ether oxygens (including phenoxy) is 3. The maximum Gasteiger partial charge on any atom is 0.256 e. The predicted octanol–water partition coefficient (Wildman–Crippen LogP) is 2.20. The molecule has 0 aliphatic carbocycles. The number of nitrogens with zero attached hydrogens (tertiary/aromatic N) is 1. The molecule has 2 aromatic rings. The van der Waals surface area contributed by atoms with Crippen LogP contribution in [0.4, 0.5) is 4.39 Å². The number of hydrogen-bond acceptors (Lipinski definition) is 5. The van der Waals surface area contributed by atoms with Crippen molar-refractivity contribution in [2.24, 2.45) is 5.73 Å². The number of nitrogens with two attached hydrogens (primary N) is 1. The highest BCUT2D eigenvalue weighted by Gasteiger charge is 2.16. The van der Waals surface area contributed by atoms with Gasteiger partial charge in [-0.05, 0) is 18.2 Å². The molecular formula is C13H11FN2O3. The monoisotopic (exact) mass is 262 g/mol. The van der Waals surface area contributed by atoms with E-state index >= 15 is 0 Å². The molecule has 0 bridgehead atoms. The Bertz CT molecular complexity index is 619. The van der Waals surface area contributed by atoms with E-state index in [1.54, 1.807) is 18.2 Å². The Morgan fingerprint density at radius 2 is 2.11 bits per heavy atom. The Morgan fingerprint density at radius 3 is 2.95 bits per heavy atom. The topological polar surface area (TPSA) is 66.6 Å². The number of hydrogen-bond donors (Lipinski definition) is 1. The van der Waals surface area contributed by atoms with Crippen molar-refractivity contribution in [2.75, 3.05) is 6.79 Å². The molecule has 2 N–H and O–H groups in total. The van der Waals surface area contributed by atoms with E-state index in [1.807, 2.05) is 0 Å². The smallest absolute Gasteiger partial charge is 0.256 e. The Morgan fingerprint density at radius 1 is 1.26 bits per heavy atom. The van der Waals surface area contributed by atoms with Gasteiger partial charge in [-0.1, -0.05) is 0 Å². The number of halogens is 1. The van der Waals surface area contributed by atoms with Crippen molar-refractivity contribution in [3.05, 3.63) is 41.8 Å². The summed E-state index contributed by atoms with van der Waals surface area (Å²) in [5.41, 5.74) is 5.78. The maximum absolute atomic E-state index is 13.9. The summed E-state index contributed by atoms with van der Waals surface area (Å²) in [6.45, 7) is 0.264. The second-order valence-electron chi connectivity index (χ2n) is 3.91. The summed E-state index contributed by atoms with van der Waals surface area (Å²) >= 11 is 0. The summed E-state index contributed by atoms with van der Waals surface area (Å²) in [6, 6.07) is 6.49. The molecule has 0 atom stereocenters. The van der Waals surface area contributed by atoms with E-state index in [0.29, 0.717) is 22.8 Å². The van der Waals surface area contributed by atoms with E-state index < -0.39 is 5.82 Å². The van der Waals surface area contributed by atoms with Gasteiger partial charge in [0, 0.05) is 24.4 Å². The zero-order chi connectivity index (χ0) is 13.2. The molecule has 0 saturated carbocycles. The van der Waals surface area contributed by atoms with Crippen molar-refractivity contribution in [3.63, 3.8) is 0 Å². The second-order valence-corrected chi connectivity index (χ2v) is 3.91. The van der Waals surface area contributed by atoms with Crippen LogP contribution in [0.1, 0.15) is 5.56 Å². The molecule has 6 heteroatoms. The Kier molecular flexibility index (Phi) is 2.92. The highest BCUT2D eigenvalue weighted by atomic mass is 19.1. The number of pyridine rings is 1. The van der Waals surface area contributed by atoms with Gasteiger partial charge in [-0.3, -0.25) is 0 Å². The molecule has 19 heavy (non-hydrogen) atoms. The first-order valence-electron chi connectivity index (χ1n) is 5.69. The molecule has 0 fully saturated rings. The molecule has 0 unspecified atom stereocenters. The summed E-state index contributed by atoms with van der Waals surface area (Å²) in [5.74, 6) is 0.957. The van der Waals surface area contributed by atoms with Crippen LogP contribution in [0.15, 0.2) is 30.5 Å². The standard InChI is InChI=1S/C13H11FN2O3/c14-12-8(6-15)3-4-16-13(12)19-9-1-2-10-11(5-9)18-7-17-10/h1-5H,6-7,15H2. The molecule has 0 radical (unpaired) electrons. The molecular weight excluding hydrogens is 251 g/mol. The molecule has 98 valence electrons. The average Bonchev–Trinajstić information content (AvgIpc) is 2.88. The van der Waals surface area contributed by atoms with Crippen LogP contribution in [-0.4, -0.2) is 11.8 Å².